The molecule has 1 aromatic carbocycles. The number of anilines is 1. The Labute approximate surface area is 119 Å². The lowest BCUT2D eigenvalue weighted by atomic mass is 9.99. The third kappa shape index (κ3) is 4.82. The van der Waals surface area contributed by atoms with Gasteiger partial charge in [0.2, 0.25) is 10.0 Å². The van der Waals surface area contributed by atoms with Crippen LogP contribution in [0.3, 0.4) is 0 Å². The third-order valence-corrected chi connectivity index (χ3v) is 3.60. The highest BCUT2D eigenvalue weighted by Crippen LogP contribution is 2.13. The Bertz CT molecular complexity index is 563. The number of carbonyl (C=O) groups is 1. The SMILES string of the molecule is CCC(C)(CO)NC(=O)c1ccc(NS(C)(=O)=O)cc1. The lowest BCUT2D eigenvalue weighted by Crippen LogP contribution is -2.48. The third-order valence-electron chi connectivity index (χ3n) is 2.99. The van der Waals surface area contributed by atoms with Crippen LogP contribution < -0.4 is 10.0 Å². The molecule has 0 aliphatic carbocycles. The highest BCUT2D eigenvalue weighted by atomic mass is 32.2. The van der Waals surface area contributed by atoms with E-state index in [1.165, 1.54) is 24.3 Å². The van der Waals surface area contributed by atoms with Crippen LogP contribution in [0.15, 0.2) is 24.3 Å². The summed E-state index contributed by atoms with van der Waals surface area (Å²) in [4.78, 5) is 12.0. The summed E-state index contributed by atoms with van der Waals surface area (Å²) in [5, 5.41) is 12.0. The number of benzene rings is 1. The number of rotatable bonds is 6. The molecule has 1 rings (SSSR count). The minimum atomic E-state index is -3.33. The van der Waals surface area contributed by atoms with E-state index >= 15 is 0 Å². The Morgan fingerprint density at radius 3 is 2.25 bits per heavy atom. The van der Waals surface area contributed by atoms with E-state index in [1.807, 2.05) is 6.92 Å². The van der Waals surface area contributed by atoms with Gasteiger partial charge in [0, 0.05) is 11.3 Å². The van der Waals surface area contributed by atoms with Crippen molar-refractivity contribution in [3.8, 4) is 0 Å². The molecule has 0 heterocycles. The minimum Gasteiger partial charge on any atom is -0.394 e. The molecule has 0 aliphatic rings. The van der Waals surface area contributed by atoms with E-state index in [9.17, 15) is 18.3 Å². The molecular formula is C13H20N2O4S. The summed E-state index contributed by atoms with van der Waals surface area (Å²) in [6.45, 7) is 3.48. The van der Waals surface area contributed by atoms with Gasteiger partial charge in [0.25, 0.3) is 5.91 Å². The van der Waals surface area contributed by atoms with Crippen molar-refractivity contribution in [1.29, 1.82) is 0 Å². The fourth-order valence-corrected chi connectivity index (χ4v) is 2.05. The van der Waals surface area contributed by atoms with Crippen LogP contribution in [-0.4, -0.2) is 37.8 Å². The molecule has 0 aliphatic heterocycles. The van der Waals surface area contributed by atoms with E-state index in [1.54, 1.807) is 6.92 Å². The summed E-state index contributed by atoms with van der Waals surface area (Å²) < 4.78 is 24.5. The Morgan fingerprint density at radius 2 is 1.85 bits per heavy atom. The second-order valence-corrected chi connectivity index (χ2v) is 6.73. The number of hydrogen-bond acceptors (Lipinski definition) is 4. The van der Waals surface area contributed by atoms with Crippen LogP contribution in [0.4, 0.5) is 5.69 Å². The fraction of sp³-hybridized carbons (Fsp3) is 0.462. The van der Waals surface area contributed by atoms with Crippen LogP contribution in [0.5, 0.6) is 0 Å². The van der Waals surface area contributed by atoms with E-state index in [4.69, 9.17) is 0 Å². The normalized spacial score (nSPS) is 14.4. The van der Waals surface area contributed by atoms with Gasteiger partial charge in [0.1, 0.15) is 0 Å². The van der Waals surface area contributed by atoms with Crippen molar-refractivity contribution in [3.63, 3.8) is 0 Å². The summed E-state index contributed by atoms with van der Waals surface area (Å²) in [7, 11) is -3.33. The maximum Gasteiger partial charge on any atom is 0.251 e. The second kappa shape index (κ2) is 6.23. The van der Waals surface area contributed by atoms with Crippen LogP contribution in [-0.2, 0) is 10.0 Å². The van der Waals surface area contributed by atoms with Crippen LogP contribution in [0.2, 0.25) is 0 Å². The molecule has 0 saturated heterocycles. The quantitative estimate of drug-likeness (QED) is 0.729. The molecule has 6 nitrogen and oxygen atoms in total. The molecule has 1 amide bonds. The highest BCUT2D eigenvalue weighted by Gasteiger charge is 2.23. The van der Waals surface area contributed by atoms with Crippen molar-refractivity contribution < 1.29 is 18.3 Å². The summed E-state index contributed by atoms with van der Waals surface area (Å²) >= 11 is 0. The lowest BCUT2D eigenvalue weighted by Gasteiger charge is -2.27. The van der Waals surface area contributed by atoms with E-state index in [2.05, 4.69) is 10.0 Å². The molecule has 0 aromatic heterocycles. The van der Waals surface area contributed by atoms with Gasteiger partial charge in [-0.1, -0.05) is 6.92 Å². The number of nitrogens with one attached hydrogen (secondary N) is 2. The average Bonchev–Trinajstić information content (AvgIpc) is 2.37. The predicted molar refractivity (Wildman–Crippen MR) is 78.2 cm³/mol. The van der Waals surface area contributed by atoms with Gasteiger partial charge in [-0.05, 0) is 37.6 Å². The van der Waals surface area contributed by atoms with Gasteiger partial charge >= 0.3 is 0 Å². The number of hydrogen-bond donors (Lipinski definition) is 3. The van der Waals surface area contributed by atoms with E-state index < -0.39 is 15.6 Å². The summed E-state index contributed by atoms with van der Waals surface area (Å²) in [6.07, 6.45) is 1.66. The molecule has 0 fully saturated rings. The first-order valence-corrected chi connectivity index (χ1v) is 8.09. The average molecular weight is 300 g/mol. The Balaban J connectivity index is 2.81. The van der Waals surface area contributed by atoms with Crippen LogP contribution in [0.25, 0.3) is 0 Å². The van der Waals surface area contributed by atoms with E-state index in [0.29, 0.717) is 17.7 Å². The molecule has 1 atom stereocenters. The van der Waals surface area contributed by atoms with Gasteiger partial charge in [0.05, 0.1) is 18.4 Å². The van der Waals surface area contributed by atoms with Crippen molar-refractivity contribution in [2.45, 2.75) is 25.8 Å². The number of amides is 1. The molecule has 112 valence electrons. The molecule has 20 heavy (non-hydrogen) atoms. The summed E-state index contributed by atoms with van der Waals surface area (Å²) in [6, 6.07) is 6.07. The maximum absolute atomic E-state index is 12.0. The number of sulfonamides is 1. The molecule has 0 bridgehead atoms. The van der Waals surface area contributed by atoms with Gasteiger partial charge in [-0.15, -0.1) is 0 Å². The first kappa shape index (κ1) is 16.5. The van der Waals surface area contributed by atoms with Crippen molar-refractivity contribution in [3.05, 3.63) is 29.8 Å². The predicted octanol–water partition coefficient (Wildman–Crippen LogP) is 0.949. The number of aliphatic hydroxyl groups is 1. The zero-order valence-electron chi connectivity index (χ0n) is 11.8. The highest BCUT2D eigenvalue weighted by molar-refractivity contribution is 7.92. The molecule has 0 saturated carbocycles. The number of aliphatic hydroxyl groups excluding tert-OH is 1. The topological polar surface area (TPSA) is 95.5 Å². The fourth-order valence-electron chi connectivity index (χ4n) is 1.49. The van der Waals surface area contributed by atoms with Gasteiger partial charge in [-0.25, -0.2) is 8.42 Å². The van der Waals surface area contributed by atoms with Gasteiger partial charge in [-0.2, -0.15) is 0 Å². The molecule has 7 heteroatoms. The largest absolute Gasteiger partial charge is 0.394 e. The van der Waals surface area contributed by atoms with E-state index in [0.717, 1.165) is 6.26 Å². The molecule has 3 N–H and O–H groups in total. The molecule has 0 spiro atoms. The molecule has 1 unspecified atom stereocenters. The lowest BCUT2D eigenvalue weighted by molar-refractivity contribution is 0.0847. The summed E-state index contributed by atoms with van der Waals surface area (Å²) in [5.74, 6) is -0.311. The van der Waals surface area contributed by atoms with Crippen molar-refractivity contribution >= 4 is 21.6 Å². The first-order chi connectivity index (χ1) is 9.19. The Hall–Kier alpha value is -1.60. The van der Waals surface area contributed by atoms with Gasteiger partial charge < -0.3 is 10.4 Å². The zero-order chi connectivity index (χ0) is 15.4. The molecule has 1 aromatic rings. The Kier molecular flexibility index (Phi) is 5.13. The molecule has 0 radical (unpaired) electrons. The smallest absolute Gasteiger partial charge is 0.251 e. The van der Waals surface area contributed by atoms with Gasteiger partial charge in [0.15, 0.2) is 0 Å². The van der Waals surface area contributed by atoms with Crippen molar-refractivity contribution in [1.82, 2.24) is 5.32 Å². The second-order valence-electron chi connectivity index (χ2n) is 4.98. The number of carbonyl (C=O) groups excluding carboxylic acids is 1. The minimum absolute atomic E-state index is 0.150. The van der Waals surface area contributed by atoms with Crippen molar-refractivity contribution in [2.24, 2.45) is 0 Å². The zero-order valence-corrected chi connectivity index (χ0v) is 12.6. The standard InChI is InChI=1S/C13H20N2O4S/c1-4-13(2,9-16)14-12(17)10-5-7-11(8-6-10)15-20(3,18)19/h5-8,15-16H,4,9H2,1-3H3,(H,14,17). The van der Waals surface area contributed by atoms with Crippen molar-refractivity contribution in [2.75, 3.05) is 17.6 Å². The summed E-state index contributed by atoms with van der Waals surface area (Å²) in [5.41, 5.74) is 0.127. The van der Waals surface area contributed by atoms with E-state index in [-0.39, 0.29) is 12.5 Å². The molecular weight excluding hydrogens is 280 g/mol. The van der Waals surface area contributed by atoms with Crippen LogP contribution in [0, 0.1) is 0 Å². The maximum atomic E-state index is 12.0. The first-order valence-electron chi connectivity index (χ1n) is 6.20. The Morgan fingerprint density at radius 1 is 1.30 bits per heavy atom. The van der Waals surface area contributed by atoms with Gasteiger partial charge in [-0.3, -0.25) is 9.52 Å². The monoisotopic (exact) mass is 300 g/mol. The van der Waals surface area contributed by atoms with Crippen LogP contribution in [0.1, 0.15) is 30.6 Å². The van der Waals surface area contributed by atoms with Crippen LogP contribution >= 0.6 is 0 Å².